The molecule has 1 aliphatic carbocycles. The van der Waals surface area contributed by atoms with E-state index >= 15 is 0 Å². The van der Waals surface area contributed by atoms with Crippen LogP contribution in [-0.4, -0.2) is 101 Å². The van der Waals surface area contributed by atoms with E-state index in [4.69, 9.17) is 14.2 Å². The molecule has 10 atom stereocenters. The van der Waals surface area contributed by atoms with Crippen LogP contribution in [0.1, 0.15) is 31.4 Å². The highest BCUT2D eigenvalue weighted by atomic mass is 16.8. The van der Waals surface area contributed by atoms with E-state index in [2.05, 4.69) is 35.0 Å². The fraction of sp³-hybridized carbons (Fsp3) is 0.750. The van der Waals surface area contributed by atoms with Crippen LogP contribution in [0.3, 0.4) is 0 Å². The van der Waals surface area contributed by atoms with Gasteiger partial charge in [-0.3, -0.25) is 0 Å². The van der Waals surface area contributed by atoms with Crippen molar-refractivity contribution < 1.29 is 34.6 Å². The van der Waals surface area contributed by atoms with Gasteiger partial charge in [-0.2, -0.15) is 0 Å². The minimum absolute atomic E-state index is 0.0262. The van der Waals surface area contributed by atoms with Crippen molar-refractivity contribution in [3.8, 4) is 0 Å². The quantitative estimate of drug-likeness (QED) is 0.248. The second-order valence-electron chi connectivity index (χ2n) is 9.78. The van der Waals surface area contributed by atoms with Crippen LogP contribution < -0.4 is 16.0 Å². The molecule has 0 unspecified atom stereocenters. The Hall–Kier alpha value is -1.18. The van der Waals surface area contributed by atoms with Crippen LogP contribution in [0.25, 0.3) is 0 Å². The lowest BCUT2D eigenvalue weighted by Gasteiger charge is -2.60. The summed E-state index contributed by atoms with van der Waals surface area (Å²) in [7, 11) is 3.30. The molecule has 2 aliphatic heterocycles. The summed E-state index contributed by atoms with van der Waals surface area (Å²) in [5, 5.41) is 54.2. The zero-order valence-electron chi connectivity index (χ0n) is 20.3. The average Bonchev–Trinajstić information content (AvgIpc) is 2.80. The summed E-state index contributed by atoms with van der Waals surface area (Å²) in [6.45, 7) is 4.41. The summed E-state index contributed by atoms with van der Waals surface area (Å²) in [5.74, 6) is -2.21. The Kier molecular flexibility index (Phi) is 7.66. The highest BCUT2D eigenvalue weighted by Crippen LogP contribution is 2.46. The van der Waals surface area contributed by atoms with Crippen LogP contribution >= 0.6 is 0 Å². The Morgan fingerprint density at radius 3 is 2.21 bits per heavy atom. The fourth-order valence-corrected chi connectivity index (χ4v) is 5.54. The highest BCUT2D eigenvalue weighted by Gasteiger charge is 2.68. The Morgan fingerprint density at radius 2 is 1.59 bits per heavy atom. The maximum atomic E-state index is 11.7. The zero-order chi connectivity index (χ0) is 24.7. The number of likely N-dealkylation sites (N-methyl/N-ethyl adjacent to an activating group) is 2. The first-order valence-electron chi connectivity index (χ1n) is 12.1. The average molecular weight is 482 g/mol. The van der Waals surface area contributed by atoms with Crippen molar-refractivity contribution in [1.29, 1.82) is 0 Å². The summed E-state index contributed by atoms with van der Waals surface area (Å²) in [6, 6.07) is 6.87. The van der Waals surface area contributed by atoms with Crippen LogP contribution in [0.4, 0.5) is 0 Å². The molecule has 4 rings (SSSR count). The van der Waals surface area contributed by atoms with Crippen molar-refractivity contribution in [2.75, 3.05) is 20.6 Å². The lowest BCUT2D eigenvalue weighted by atomic mass is 9.77. The van der Waals surface area contributed by atoms with Crippen LogP contribution in [-0.2, 0) is 27.2 Å². The number of aryl methyl sites for hydroxylation is 1. The minimum Gasteiger partial charge on any atom is -0.390 e. The molecular formula is C24H39N3O7. The maximum absolute atomic E-state index is 11.7. The molecule has 1 aromatic carbocycles. The smallest absolute Gasteiger partial charge is 0.249 e. The summed E-state index contributed by atoms with van der Waals surface area (Å²) in [5.41, 5.74) is 0.561. The molecule has 0 spiro atoms. The van der Waals surface area contributed by atoms with Crippen molar-refractivity contribution in [2.45, 2.75) is 93.5 Å². The van der Waals surface area contributed by atoms with Gasteiger partial charge in [0, 0.05) is 19.5 Å². The predicted octanol–water partition coefficient (Wildman–Crippen LogP) is -1.41. The topological polar surface area (TPSA) is 145 Å². The van der Waals surface area contributed by atoms with E-state index in [1.54, 1.807) is 21.0 Å². The highest BCUT2D eigenvalue weighted by molar-refractivity contribution is 5.22. The van der Waals surface area contributed by atoms with Crippen LogP contribution in [0.15, 0.2) is 24.3 Å². The number of hydrogen-bond acceptors (Lipinski definition) is 10. The molecule has 10 nitrogen and oxygen atoms in total. The molecule has 0 radical (unpaired) electrons. The molecule has 2 heterocycles. The first-order chi connectivity index (χ1) is 16.2. The monoisotopic (exact) mass is 481 g/mol. The third-order valence-corrected chi connectivity index (χ3v) is 7.53. The summed E-state index contributed by atoms with van der Waals surface area (Å²) >= 11 is 0. The van der Waals surface area contributed by atoms with Gasteiger partial charge in [0.1, 0.15) is 23.9 Å². The molecule has 34 heavy (non-hydrogen) atoms. The summed E-state index contributed by atoms with van der Waals surface area (Å²) in [6.07, 6.45) is -4.61. The van der Waals surface area contributed by atoms with Gasteiger partial charge in [-0.15, -0.1) is 0 Å². The second kappa shape index (κ2) is 10.1. The van der Waals surface area contributed by atoms with Gasteiger partial charge in [0.2, 0.25) is 12.1 Å². The third-order valence-electron chi connectivity index (χ3n) is 7.53. The largest absolute Gasteiger partial charge is 0.390 e. The summed E-state index contributed by atoms with van der Waals surface area (Å²) in [4.78, 5) is 0. The Labute approximate surface area is 200 Å². The van der Waals surface area contributed by atoms with Crippen molar-refractivity contribution in [3.63, 3.8) is 0 Å². The molecule has 3 fully saturated rings. The molecule has 10 heteroatoms. The molecule has 2 saturated heterocycles. The van der Waals surface area contributed by atoms with Crippen molar-refractivity contribution in [3.05, 3.63) is 35.4 Å². The molecule has 0 aromatic heterocycles. The van der Waals surface area contributed by atoms with Crippen molar-refractivity contribution in [1.82, 2.24) is 16.0 Å². The SMILES string of the molecule is CCc1ccc(CNC[C@]2(O)C[C@@H](C)O[C@H]3O[C@@H]4[C@@H](O)[C@H](NC)[C@H](O)[C@H](NC)[C@H]4O[C@]32O)cc1. The number of benzene rings is 1. The lowest BCUT2D eigenvalue weighted by Crippen LogP contribution is -2.81. The Balaban J connectivity index is 1.54. The maximum Gasteiger partial charge on any atom is 0.249 e. The molecule has 0 bridgehead atoms. The summed E-state index contributed by atoms with van der Waals surface area (Å²) < 4.78 is 18.0. The first-order valence-corrected chi connectivity index (χ1v) is 12.1. The van der Waals surface area contributed by atoms with Crippen LogP contribution in [0, 0.1) is 0 Å². The third kappa shape index (κ3) is 4.41. The van der Waals surface area contributed by atoms with Crippen molar-refractivity contribution >= 4 is 0 Å². The van der Waals surface area contributed by atoms with Gasteiger partial charge in [0.25, 0.3) is 0 Å². The minimum atomic E-state index is -2.21. The number of rotatable bonds is 7. The van der Waals surface area contributed by atoms with Crippen LogP contribution in [0.2, 0.25) is 0 Å². The van der Waals surface area contributed by atoms with Gasteiger partial charge < -0.3 is 50.6 Å². The van der Waals surface area contributed by atoms with E-state index in [1.165, 1.54) is 5.56 Å². The number of fused-ring (bicyclic) bond motifs is 2. The number of aliphatic hydroxyl groups excluding tert-OH is 2. The van der Waals surface area contributed by atoms with E-state index in [-0.39, 0.29) is 13.0 Å². The molecule has 7 N–H and O–H groups in total. The Bertz CT molecular complexity index is 829. The predicted molar refractivity (Wildman–Crippen MR) is 124 cm³/mol. The normalized spacial score (nSPS) is 44.4. The number of hydrogen-bond donors (Lipinski definition) is 7. The molecule has 1 aromatic rings. The molecule has 1 saturated carbocycles. The number of nitrogens with one attached hydrogen (secondary N) is 3. The number of ether oxygens (including phenoxy) is 3. The Morgan fingerprint density at radius 1 is 0.941 bits per heavy atom. The molecule has 3 aliphatic rings. The molecule has 0 amide bonds. The first kappa shape index (κ1) is 25.9. The lowest BCUT2D eigenvalue weighted by molar-refractivity contribution is -0.482. The van der Waals surface area contributed by atoms with E-state index in [1.807, 2.05) is 12.1 Å². The standard InChI is InChI=1S/C24H39N3O7/c1-5-14-6-8-15(9-7-14)11-27-12-23(30)10-13(2)32-22-24(23,31)34-20-17(26-4)18(28)16(25-3)19(29)21(20)33-22/h6-9,13,16-22,25-31H,5,10-12H2,1-4H3/t13-,16-,17+,18+,19+,20-,21-,22+,23-,24-/m1/s1. The molecule has 192 valence electrons. The van der Waals surface area contributed by atoms with Gasteiger partial charge in [-0.1, -0.05) is 31.2 Å². The molecular weight excluding hydrogens is 442 g/mol. The van der Waals surface area contributed by atoms with E-state index in [0.29, 0.717) is 6.54 Å². The van der Waals surface area contributed by atoms with Gasteiger partial charge >= 0.3 is 0 Å². The fourth-order valence-electron chi connectivity index (χ4n) is 5.54. The van der Waals surface area contributed by atoms with Gasteiger partial charge in [0.15, 0.2) is 0 Å². The van der Waals surface area contributed by atoms with Gasteiger partial charge in [0.05, 0.1) is 24.3 Å². The zero-order valence-corrected chi connectivity index (χ0v) is 20.3. The van der Waals surface area contributed by atoms with Gasteiger partial charge in [-0.25, -0.2) is 0 Å². The number of aliphatic hydroxyl groups is 4. The van der Waals surface area contributed by atoms with Crippen LogP contribution in [0.5, 0.6) is 0 Å². The van der Waals surface area contributed by atoms with Gasteiger partial charge in [-0.05, 0) is 38.6 Å². The van der Waals surface area contributed by atoms with E-state index < -0.39 is 60.3 Å². The van der Waals surface area contributed by atoms with Crippen molar-refractivity contribution in [2.24, 2.45) is 0 Å². The second-order valence-corrected chi connectivity index (χ2v) is 9.78. The van der Waals surface area contributed by atoms with E-state index in [0.717, 1.165) is 12.0 Å². The van der Waals surface area contributed by atoms with E-state index in [9.17, 15) is 20.4 Å².